The van der Waals surface area contributed by atoms with Crippen molar-refractivity contribution in [2.45, 2.75) is 44.3 Å². The Labute approximate surface area is 115 Å². The molecule has 0 aromatic carbocycles. The SMILES string of the molecule is CC(C)(C)[N]=[Nb+2][CH]1C=CC=C1.CC[O-].CC[O-]. The van der Waals surface area contributed by atoms with Gasteiger partial charge in [0, 0.05) is 0 Å². The van der Waals surface area contributed by atoms with Crippen LogP contribution in [-0.4, -0.2) is 18.8 Å². The maximum Gasteiger partial charge on any atom is -0.0809 e. The first-order chi connectivity index (χ1) is 7.91. The zero-order chi connectivity index (χ0) is 13.7. The zero-order valence-electron chi connectivity index (χ0n) is 11.5. The van der Waals surface area contributed by atoms with E-state index in [9.17, 15) is 0 Å². The molecule has 0 N–H and O–H groups in total. The Morgan fingerprint density at radius 2 is 1.41 bits per heavy atom. The minimum Gasteiger partial charge on any atom is -0.855 e. The third-order valence-corrected chi connectivity index (χ3v) is 4.48. The number of allylic oxidation sites excluding steroid dienone is 4. The van der Waals surface area contributed by atoms with Crippen LogP contribution in [0.25, 0.3) is 0 Å². The van der Waals surface area contributed by atoms with Crippen LogP contribution in [0.4, 0.5) is 0 Å². The van der Waals surface area contributed by atoms with E-state index in [1.165, 1.54) is 0 Å². The average Bonchev–Trinajstić information content (AvgIpc) is 2.68. The zero-order valence-corrected chi connectivity index (χ0v) is 13.7. The summed E-state index contributed by atoms with van der Waals surface area (Å²) < 4.78 is 5.39. The predicted octanol–water partition coefficient (Wildman–Crippen LogP) is 1.70. The van der Waals surface area contributed by atoms with E-state index in [0.29, 0.717) is 4.14 Å². The van der Waals surface area contributed by atoms with Crippen molar-refractivity contribution in [2.75, 3.05) is 13.2 Å². The van der Waals surface area contributed by atoms with E-state index >= 15 is 0 Å². The predicted molar refractivity (Wildman–Crippen MR) is 65.3 cm³/mol. The van der Waals surface area contributed by atoms with Crippen molar-refractivity contribution in [3.8, 4) is 0 Å². The van der Waals surface area contributed by atoms with Crippen molar-refractivity contribution in [2.24, 2.45) is 3.34 Å². The molecule has 0 aliphatic heterocycles. The van der Waals surface area contributed by atoms with Gasteiger partial charge in [-0.1, -0.05) is 13.8 Å². The first-order valence-electron chi connectivity index (χ1n) is 5.84. The van der Waals surface area contributed by atoms with Crippen LogP contribution in [0.2, 0.25) is 4.14 Å². The molecule has 0 aromatic rings. The largest absolute Gasteiger partial charge is 0.855 e. The van der Waals surface area contributed by atoms with E-state index in [1.54, 1.807) is 13.8 Å². The van der Waals surface area contributed by atoms with Crippen LogP contribution in [0.5, 0.6) is 0 Å². The van der Waals surface area contributed by atoms with Crippen molar-refractivity contribution in [3.63, 3.8) is 0 Å². The number of rotatable bonds is 1. The summed E-state index contributed by atoms with van der Waals surface area (Å²) in [6, 6.07) is 0. The molecule has 0 atom stereocenters. The molecule has 0 radical (unpaired) electrons. The fraction of sp³-hybridized carbons (Fsp3) is 0.692. The number of nitrogens with zero attached hydrogens (tertiary/aromatic N) is 1. The molecule has 0 bridgehead atoms. The van der Waals surface area contributed by atoms with E-state index in [2.05, 4.69) is 48.4 Å². The van der Waals surface area contributed by atoms with Gasteiger partial charge in [-0.25, -0.2) is 0 Å². The molecule has 1 aliphatic carbocycles. The standard InChI is InChI=1S/C5H5.C4H9N.2C2H5O.Nb/c1-2-4-5-3-1;1-4(2,3)5;2*1-2-3;/h1-5H;1-3H3;2*2H2,1H3;/q;;2*-1;+2. The van der Waals surface area contributed by atoms with Crippen LogP contribution in [0.15, 0.2) is 27.6 Å². The molecule has 0 fully saturated rings. The third-order valence-electron chi connectivity index (χ3n) is 1.22. The van der Waals surface area contributed by atoms with Gasteiger partial charge in [-0.05, 0) is 0 Å². The van der Waals surface area contributed by atoms with Gasteiger partial charge in [-0.2, -0.15) is 0 Å². The molecule has 0 aromatic heterocycles. The molecule has 4 heteroatoms. The molecule has 1 rings (SSSR count). The molecule has 0 amide bonds. The van der Waals surface area contributed by atoms with Crippen LogP contribution in [0.1, 0.15) is 34.6 Å². The molecule has 0 saturated heterocycles. The van der Waals surface area contributed by atoms with Crippen LogP contribution in [0, 0.1) is 0 Å². The Bertz CT molecular complexity index is 228. The van der Waals surface area contributed by atoms with Crippen molar-refractivity contribution in [1.82, 2.24) is 0 Å². The second-order valence-corrected chi connectivity index (χ2v) is 6.75. The Hall–Kier alpha value is -0.0597. The van der Waals surface area contributed by atoms with Crippen molar-refractivity contribution < 1.29 is 29.8 Å². The number of hydrogen-bond acceptors (Lipinski definition) is 3. The Balaban J connectivity index is 0. The van der Waals surface area contributed by atoms with Gasteiger partial charge in [-0.15, -0.1) is 13.2 Å². The quantitative estimate of drug-likeness (QED) is 0.691. The van der Waals surface area contributed by atoms with Gasteiger partial charge in [0.25, 0.3) is 0 Å². The summed E-state index contributed by atoms with van der Waals surface area (Å²) in [6.07, 6.45) is 8.76. The van der Waals surface area contributed by atoms with Crippen molar-refractivity contribution in [3.05, 3.63) is 24.3 Å². The molecule has 0 spiro atoms. The average molecular weight is 319 g/mol. The minimum atomic E-state index is -0.360. The summed E-state index contributed by atoms with van der Waals surface area (Å²) in [4.78, 5) is 0. The molecule has 1 aliphatic rings. The summed E-state index contributed by atoms with van der Waals surface area (Å²) >= 11 is -0.360. The Morgan fingerprint density at radius 3 is 1.71 bits per heavy atom. The molecule has 0 saturated carbocycles. The molecule has 17 heavy (non-hydrogen) atoms. The molecular weight excluding hydrogens is 295 g/mol. The van der Waals surface area contributed by atoms with Gasteiger partial charge < -0.3 is 10.2 Å². The van der Waals surface area contributed by atoms with Gasteiger partial charge in [0.1, 0.15) is 0 Å². The fourth-order valence-corrected chi connectivity index (χ4v) is 2.78. The topological polar surface area (TPSA) is 58.5 Å². The summed E-state index contributed by atoms with van der Waals surface area (Å²) in [5.41, 5.74) is 0.182. The number of hydrogen-bond donors (Lipinski definition) is 0. The fourth-order valence-electron chi connectivity index (χ4n) is 0.737. The summed E-state index contributed by atoms with van der Waals surface area (Å²) in [5.74, 6) is 0. The van der Waals surface area contributed by atoms with Crippen LogP contribution < -0.4 is 10.2 Å². The Morgan fingerprint density at radius 1 is 1.06 bits per heavy atom. The van der Waals surface area contributed by atoms with Gasteiger partial charge >= 0.3 is 77.7 Å². The normalized spacial score (nSPS) is 13.8. The molecule has 98 valence electrons. The van der Waals surface area contributed by atoms with Gasteiger partial charge in [0.05, 0.1) is 0 Å². The summed E-state index contributed by atoms with van der Waals surface area (Å²) in [7, 11) is 0. The van der Waals surface area contributed by atoms with Crippen molar-refractivity contribution >= 4 is 0 Å². The van der Waals surface area contributed by atoms with E-state index in [0.717, 1.165) is 0 Å². The second-order valence-electron chi connectivity index (χ2n) is 4.22. The van der Waals surface area contributed by atoms with Gasteiger partial charge in [0.2, 0.25) is 0 Å². The van der Waals surface area contributed by atoms with Crippen LogP contribution in [-0.2, 0) is 19.6 Å². The van der Waals surface area contributed by atoms with Gasteiger partial charge in [0.15, 0.2) is 0 Å². The summed E-state index contributed by atoms with van der Waals surface area (Å²) in [6.45, 7) is 9.65. The minimum absolute atomic E-state index is 0. The van der Waals surface area contributed by atoms with Crippen LogP contribution >= 0.6 is 0 Å². The van der Waals surface area contributed by atoms with E-state index < -0.39 is 0 Å². The van der Waals surface area contributed by atoms with Crippen molar-refractivity contribution in [1.29, 1.82) is 0 Å². The third kappa shape index (κ3) is 18.5. The first-order valence-corrected chi connectivity index (χ1v) is 8.09. The van der Waals surface area contributed by atoms with E-state index in [-0.39, 0.29) is 38.3 Å². The second kappa shape index (κ2) is 12.4. The molecule has 0 unspecified atom stereocenters. The van der Waals surface area contributed by atoms with E-state index in [1.807, 2.05) is 0 Å². The monoisotopic (exact) mass is 319 g/mol. The maximum atomic E-state index is 8.93. The first kappa shape index (κ1) is 19.3. The maximum absolute atomic E-state index is 8.93. The summed E-state index contributed by atoms with van der Waals surface area (Å²) in [5, 5.41) is 17.9. The molecular formula is C13H24NNbO2. The Kier molecular flexibility index (Phi) is 14.1. The van der Waals surface area contributed by atoms with E-state index in [4.69, 9.17) is 10.2 Å². The van der Waals surface area contributed by atoms with Crippen LogP contribution in [0.3, 0.4) is 0 Å². The smallest absolute Gasteiger partial charge is 0.0809 e. The molecule has 3 nitrogen and oxygen atoms in total. The molecule has 0 heterocycles. The van der Waals surface area contributed by atoms with Gasteiger partial charge in [-0.3, -0.25) is 0 Å².